The normalized spacial score (nSPS) is 19.5. The number of amides is 2. The van der Waals surface area contributed by atoms with E-state index in [9.17, 15) is 19.8 Å². The third-order valence-corrected chi connectivity index (χ3v) is 10.2. The first-order chi connectivity index (χ1) is 27.0. The van der Waals surface area contributed by atoms with Gasteiger partial charge in [-0.15, -0.1) is 0 Å². The fourth-order valence-electron chi connectivity index (χ4n) is 7.36. The molecule has 2 amide bonds. The number of fused-ring (bicyclic) bond motifs is 1. The molecule has 56 heavy (non-hydrogen) atoms. The number of hydrogen-bond donors (Lipinski definition) is 3. The molecule has 0 aliphatic carbocycles. The van der Waals surface area contributed by atoms with Gasteiger partial charge in [-0.25, -0.2) is 4.79 Å². The zero-order valence-electron chi connectivity index (χ0n) is 32.8. The van der Waals surface area contributed by atoms with Gasteiger partial charge in [0.25, 0.3) is 0 Å². The molecule has 2 aliphatic heterocycles. The maximum absolute atomic E-state index is 12.9. The number of piperidine rings is 1. The number of nitrogens with one attached hydrogen (secondary N) is 1. The highest BCUT2D eigenvalue weighted by atomic mass is 35.5. The average Bonchev–Trinajstić information content (AvgIpc) is 3.18. The predicted molar refractivity (Wildman–Crippen MR) is 213 cm³/mol. The number of halogens is 1. The minimum Gasteiger partial charge on any atom is -0.493 e. The molecule has 3 aromatic rings. The van der Waals surface area contributed by atoms with E-state index in [1.54, 1.807) is 13.2 Å². The third-order valence-electron chi connectivity index (χ3n) is 9.89. The summed E-state index contributed by atoms with van der Waals surface area (Å²) >= 11 is 6.20. The fraction of sp³-hybridized carbons (Fsp3) is 0.524. The summed E-state index contributed by atoms with van der Waals surface area (Å²) in [6.07, 6.45) is -1.00. The van der Waals surface area contributed by atoms with Crippen molar-refractivity contribution >= 4 is 29.3 Å². The van der Waals surface area contributed by atoms with E-state index in [1.807, 2.05) is 75.4 Å². The van der Waals surface area contributed by atoms with E-state index >= 15 is 0 Å². The number of anilines is 1. The largest absolute Gasteiger partial charge is 0.493 e. The molecule has 2 heterocycles. The summed E-state index contributed by atoms with van der Waals surface area (Å²) in [5.74, 6) is 1.21. The third kappa shape index (κ3) is 11.6. The van der Waals surface area contributed by atoms with Crippen LogP contribution in [-0.4, -0.2) is 118 Å². The molecule has 1 unspecified atom stereocenters. The molecule has 3 aromatic carbocycles. The van der Waals surface area contributed by atoms with E-state index in [0.717, 1.165) is 42.1 Å². The average molecular weight is 798 g/mol. The van der Waals surface area contributed by atoms with Crippen LogP contribution in [0.5, 0.6) is 17.2 Å². The van der Waals surface area contributed by atoms with E-state index in [1.165, 1.54) is 4.90 Å². The molecule has 3 N–H and O–H groups in total. The minimum absolute atomic E-state index is 0.0786. The van der Waals surface area contributed by atoms with Crippen LogP contribution in [0.25, 0.3) is 0 Å². The summed E-state index contributed by atoms with van der Waals surface area (Å²) in [5.41, 5.74) is 2.17. The Hall–Kier alpha value is -4.27. The minimum atomic E-state index is -1.10. The van der Waals surface area contributed by atoms with E-state index in [0.29, 0.717) is 49.4 Å². The number of nitrogens with zero attached hydrogens (tertiary/aromatic N) is 2. The van der Waals surface area contributed by atoms with Gasteiger partial charge in [-0.2, -0.15) is 0 Å². The van der Waals surface area contributed by atoms with E-state index in [2.05, 4.69) is 16.3 Å². The molecule has 13 nitrogen and oxygen atoms in total. The highest BCUT2D eigenvalue weighted by Crippen LogP contribution is 2.43. The second-order valence-corrected chi connectivity index (χ2v) is 15.4. The van der Waals surface area contributed by atoms with Crippen molar-refractivity contribution < 1.29 is 48.2 Å². The molecule has 0 bridgehead atoms. The number of benzene rings is 3. The summed E-state index contributed by atoms with van der Waals surface area (Å²) in [6, 6.07) is 20.3. The molecular weight excluding hydrogens is 742 g/mol. The van der Waals surface area contributed by atoms with Crippen LogP contribution in [0.15, 0.2) is 66.7 Å². The van der Waals surface area contributed by atoms with Gasteiger partial charge in [0.2, 0.25) is 5.91 Å². The van der Waals surface area contributed by atoms with Gasteiger partial charge in [0.05, 0.1) is 68.5 Å². The van der Waals surface area contributed by atoms with Crippen molar-refractivity contribution in [2.75, 3.05) is 77.8 Å². The lowest BCUT2D eigenvalue weighted by molar-refractivity contribution is -0.149. The number of methoxy groups -OCH3 is 1. The van der Waals surface area contributed by atoms with Gasteiger partial charge >= 0.3 is 6.09 Å². The first-order valence-corrected chi connectivity index (χ1v) is 19.6. The zero-order valence-corrected chi connectivity index (χ0v) is 33.5. The quantitative estimate of drug-likeness (QED) is 0.123. The first kappa shape index (κ1) is 42.9. The van der Waals surface area contributed by atoms with Crippen LogP contribution >= 0.6 is 11.6 Å². The lowest BCUT2D eigenvalue weighted by Crippen LogP contribution is -2.64. The number of ether oxygens (including phenoxy) is 6. The Morgan fingerprint density at radius 2 is 1.75 bits per heavy atom. The van der Waals surface area contributed by atoms with Crippen LogP contribution in [0.4, 0.5) is 10.5 Å². The fourth-order valence-corrected chi connectivity index (χ4v) is 7.55. The summed E-state index contributed by atoms with van der Waals surface area (Å²) in [4.78, 5) is 29.4. The summed E-state index contributed by atoms with van der Waals surface area (Å²) in [5, 5.41) is 23.0. The summed E-state index contributed by atoms with van der Waals surface area (Å²) in [7, 11) is 1.70. The van der Waals surface area contributed by atoms with Crippen LogP contribution in [-0.2, 0) is 25.6 Å². The molecular formula is C42H56ClN3O10. The number of rotatable bonds is 19. The highest BCUT2D eigenvalue weighted by molar-refractivity contribution is 6.32. The van der Waals surface area contributed by atoms with Gasteiger partial charge in [-0.3, -0.25) is 9.69 Å². The molecule has 4 atom stereocenters. The maximum atomic E-state index is 12.9. The summed E-state index contributed by atoms with van der Waals surface area (Å²) < 4.78 is 36.2. The van der Waals surface area contributed by atoms with Crippen molar-refractivity contribution in [1.82, 2.24) is 10.2 Å². The number of carbonyl (C=O) groups excluding carboxylic acids is 1. The first-order valence-electron chi connectivity index (χ1n) is 19.2. The van der Waals surface area contributed by atoms with Crippen LogP contribution in [0.3, 0.4) is 0 Å². The molecule has 0 spiro atoms. The molecule has 0 radical (unpaired) electrons. The Balaban J connectivity index is 1.39. The lowest BCUT2D eigenvalue weighted by Gasteiger charge is -2.52. The lowest BCUT2D eigenvalue weighted by atomic mass is 9.71. The Morgan fingerprint density at radius 3 is 2.46 bits per heavy atom. The van der Waals surface area contributed by atoms with Gasteiger partial charge in [0.1, 0.15) is 30.5 Å². The maximum Gasteiger partial charge on any atom is 0.407 e. The number of aliphatic hydroxyl groups excluding tert-OH is 1. The zero-order chi connectivity index (χ0) is 40.1. The van der Waals surface area contributed by atoms with Gasteiger partial charge in [-0.05, 0) is 59.4 Å². The van der Waals surface area contributed by atoms with Crippen molar-refractivity contribution in [1.29, 1.82) is 0 Å². The van der Waals surface area contributed by atoms with Gasteiger partial charge in [0, 0.05) is 39.1 Å². The Kier molecular flexibility index (Phi) is 15.9. The molecule has 1 fully saturated rings. The van der Waals surface area contributed by atoms with Crippen molar-refractivity contribution in [3.05, 3.63) is 82.9 Å². The van der Waals surface area contributed by atoms with Crippen LogP contribution in [0.1, 0.15) is 50.7 Å². The molecule has 5 rings (SSSR count). The second-order valence-electron chi connectivity index (χ2n) is 15.0. The van der Waals surface area contributed by atoms with Crippen molar-refractivity contribution in [2.45, 2.75) is 64.4 Å². The topological polar surface area (TPSA) is 148 Å². The van der Waals surface area contributed by atoms with E-state index < -0.39 is 41.6 Å². The number of hydrogen-bond acceptors (Lipinski definition) is 10. The van der Waals surface area contributed by atoms with Crippen molar-refractivity contribution in [3.8, 4) is 17.2 Å². The van der Waals surface area contributed by atoms with Crippen LogP contribution < -0.4 is 24.4 Å². The highest BCUT2D eigenvalue weighted by Gasteiger charge is 2.51. The number of para-hydroxylation sites is 1. The molecule has 2 aliphatic rings. The number of carboxylic acid groups (broad SMARTS) is 1. The van der Waals surface area contributed by atoms with Crippen molar-refractivity contribution in [2.24, 2.45) is 5.41 Å². The SMILES string of the molecule is COCCCN1CCOc2ccc(CO[C@H]3CN(C(=O)O)C(C(C)(C)C)[C@@H](OCC(=O)NCCO)[C@@H]3c3ccc(OCCCOc4ccccc4Cl)cc3)cc21. The second kappa shape index (κ2) is 20.8. The monoisotopic (exact) mass is 797 g/mol. The smallest absolute Gasteiger partial charge is 0.407 e. The molecule has 0 aromatic heterocycles. The Bertz CT molecular complexity index is 1700. The van der Waals surface area contributed by atoms with E-state index in [-0.39, 0.29) is 32.9 Å². The number of carbonyl (C=O) groups is 2. The molecule has 14 heteroatoms. The van der Waals surface area contributed by atoms with E-state index in [4.69, 9.17) is 40.0 Å². The van der Waals surface area contributed by atoms with Crippen LogP contribution in [0.2, 0.25) is 5.02 Å². The summed E-state index contributed by atoms with van der Waals surface area (Å²) in [6.45, 7) is 9.42. The van der Waals surface area contributed by atoms with Gasteiger partial charge in [0.15, 0.2) is 0 Å². The number of aliphatic hydroxyl groups is 1. The van der Waals surface area contributed by atoms with Crippen molar-refractivity contribution in [3.63, 3.8) is 0 Å². The standard InChI is InChI=1S/C42H56ClN3O10/c1-42(2,3)40-39(56-28-37(48)44-17-20-47)38(30-12-14-31(15-13-30)52-22-8-23-53-34-10-6-5-9-32(34)43)36(26-46(40)41(49)50)55-27-29-11-16-35-33(25-29)45(19-24-54-35)18-7-21-51-4/h5-6,9-16,25,36,38-40,47H,7-8,17-24,26-28H2,1-4H3,(H,44,48)(H,49,50)/t36-,38+,39-,40?/m0/s1. The van der Waals surface area contributed by atoms with Gasteiger partial charge in [-0.1, -0.05) is 62.7 Å². The van der Waals surface area contributed by atoms with Gasteiger partial charge < -0.3 is 48.9 Å². The molecule has 306 valence electrons. The Morgan fingerprint density at radius 1 is 0.982 bits per heavy atom. The Labute approximate surface area is 334 Å². The predicted octanol–water partition coefficient (Wildman–Crippen LogP) is 5.99. The molecule has 0 saturated carbocycles. The molecule has 1 saturated heterocycles. The number of likely N-dealkylation sites (tertiary alicyclic amines) is 1. The van der Waals surface area contributed by atoms with Crippen LogP contribution in [0, 0.1) is 5.41 Å².